The summed E-state index contributed by atoms with van der Waals surface area (Å²) in [6, 6.07) is 11.6. The molecule has 2 aromatic carbocycles. The minimum atomic E-state index is -3.71. The van der Waals surface area contributed by atoms with E-state index >= 15 is 0 Å². The van der Waals surface area contributed by atoms with Crippen LogP contribution in [0.3, 0.4) is 0 Å². The molecule has 1 heterocycles. The molecule has 0 fully saturated rings. The second-order valence-electron chi connectivity index (χ2n) is 6.61. The van der Waals surface area contributed by atoms with Crippen molar-refractivity contribution in [1.29, 1.82) is 0 Å². The molecule has 8 heteroatoms. The lowest BCUT2D eigenvalue weighted by Crippen LogP contribution is -2.50. The lowest BCUT2D eigenvalue weighted by Gasteiger charge is -2.35. The SMILES string of the molecule is C[C@@H](C(=O)N1CCc2ccccc2C1)N(c1ccc(Cl)c(Cl)c1)S(C)(=O)=O. The van der Waals surface area contributed by atoms with Gasteiger partial charge in [-0.25, -0.2) is 8.42 Å². The van der Waals surface area contributed by atoms with Crippen LogP contribution in [0.2, 0.25) is 10.0 Å². The van der Waals surface area contributed by atoms with Crippen LogP contribution in [0.1, 0.15) is 18.1 Å². The van der Waals surface area contributed by atoms with Crippen LogP contribution in [-0.4, -0.2) is 38.1 Å². The summed E-state index contributed by atoms with van der Waals surface area (Å²) in [6.45, 7) is 2.61. The van der Waals surface area contributed by atoms with Crippen molar-refractivity contribution in [2.75, 3.05) is 17.1 Å². The van der Waals surface area contributed by atoms with Crippen molar-refractivity contribution in [3.63, 3.8) is 0 Å². The Bertz CT molecular complexity index is 979. The number of nitrogens with zero attached hydrogens (tertiary/aromatic N) is 2. The lowest BCUT2D eigenvalue weighted by atomic mass is 9.99. The van der Waals surface area contributed by atoms with Gasteiger partial charge in [-0.3, -0.25) is 9.10 Å². The van der Waals surface area contributed by atoms with Gasteiger partial charge in [0, 0.05) is 13.1 Å². The predicted molar refractivity (Wildman–Crippen MR) is 109 cm³/mol. The predicted octanol–water partition coefficient (Wildman–Crippen LogP) is 3.73. The Morgan fingerprint density at radius 3 is 2.41 bits per heavy atom. The summed E-state index contributed by atoms with van der Waals surface area (Å²) in [5.74, 6) is -0.249. The third-order valence-electron chi connectivity index (χ3n) is 4.67. The van der Waals surface area contributed by atoms with Crippen LogP contribution in [0.25, 0.3) is 0 Å². The highest BCUT2D eigenvalue weighted by Crippen LogP contribution is 2.30. The molecule has 144 valence electrons. The Morgan fingerprint density at radius 2 is 1.78 bits per heavy atom. The first kappa shape index (κ1) is 20.0. The third kappa shape index (κ3) is 4.23. The van der Waals surface area contributed by atoms with Gasteiger partial charge in [0.05, 0.1) is 22.0 Å². The Morgan fingerprint density at radius 1 is 1.11 bits per heavy atom. The molecule has 0 aliphatic carbocycles. The molecule has 0 saturated carbocycles. The number of halogens is 2. The van der Waals surface area contributed by atoms with Crippen LogP contribution in [0, 0.1) is 0 Å². The number of hydrogen-bond donors (Lipinski definition) is 0. The molecule has 27 heavy (non-hydrogen) atoms. The first-order chi connectivity index (χ1) is 12.7. The molecule has 0 unspecified atom stereocenters. The zero-order valence-corrected chi connectivity index (χ0v) is 17.4. The van der Waals surface area contributed by atoms with Crippen LogP contribution in [0.4, 0.5) is 5.69 Å². The minimum Gasteiger partial charge on any atom is -0.336 e. The van der Waals surface area contributed by atoms with E-state index in [9.17, 15) is 13.2 Å². The molecule has 0 saturated heterocycles. The number of sulfonamides is 1. The zero-order chi connectivity index (χ0) is 19.8. The molecule has 5 nitrogen and oxygen atoms in total. The molecule has 0 bridgehead atoms. The number of carbonyl (C=O) groups excluding carboxylic acids is 1. The van der Waals surface area contributed by atoms with Crippen LogP contribution in [-0.2, 0) is 27.8 Å². The summed E-state index contributed by atoms with van der Waals surface area (Å²) >= 11 is 12.0. The smallest absolute Gasteiger partial charge is 0.246 e. The molecule has 0 N–H and O–H groups in total. The monoisotopic (exact) mass is 426 g/mol. The summed E-state index contributed by atoms with van der Waals surface area (Å²) in [4.78, 5) is 14.8. The quantitative estimate of drug-likeness (QED) is 0.747. The topological polar surface area (TPSA) is 57.7 Å². The molecule has 3 rings (SSSR count). The molecular formula is C19H20Cl2N2O3S. The lowest BCUT2D eigenvalue weighted by molar-refractivity contribution is -0.132. The van der Waals surface area contributed by atoms with Crippen molar-refractivity contribution < 1.29 is 13.2 Å². The van der Waals surface area contributed by atoms with Crippen LogP contribution >= 0.6 is 23.2 Å². The fraction of sp³-hybridized carbons (Fsp3) is 0.316. The second-order valence-corrected chi connectivity index (χ2v) is 9.29. The average Bonchev–Trinajstić information content (AvgIpc) is 2.62. The molecule has 1 aliphatic rings. The highest BCUT2D eigenvalue weighted by atomic mass is 35.5. The second kappa shape index (κ2) is 7.70. The molecule has 0 spiro atoms. The third-order valence-corrected chi connectivity index (χ3v) is 6.65. The van der Waals surface area contributed by atoms with Gasteiger partial charge in [0.2, 0.25) is 15.9 Å². The standard InChI is InChI=1S/C19H20Cl2N2O3S/c1-13(19(24)22-10-9-14-5-3-4-6-15(14)12-22)23(27(2,25)26)16-7-8-17(20)18(21)11-16/h3-8,11,13H,9-10,12H2,1-2H3/t13-/m0/s1. The van der Waals surface area contributed by atoms with E-state index in [2.05, 4.69) is 6.07 Å². The summed E-state index contributed by atoms with van der Waals surface area (Å²) < 4.78 is 26.0. The van der Waals surface area contributed by atoms with Crippen molar-refractivity contribution in [1.82, 2.24) is 4.90 Å². The first-order valence-electron chi connectivity index (χ1n) is 8.48. The van der Waals surface area contributed by atoms with Crippen molar-refractivity contribution in [2.45, 2.75) is 25.9 Å². The minimum absolute atomic E-state index is 0.231. The molecular weight excluding hydrogens is 407 g/mol. The Balaban J connectivity index is 1.89. The summed E-state index contributed by atoms with van der Waals surface area (Å²) in [6.07, 6.45) is 1.82. The van der Waals surface area contributed by atoms with Gasteiger partial charge in [0.15, 0.2) is 0 Å². The van der Waals surface area contributed by atoms with Crippen LogP contribution in [0.5, 0.6) is 0 Å². The van der Waals surface area contributed by atoms with Gasteiger partial charge in [0.25, 0.3) is 0 Å². The fourth-order valence-corrected chi connectivity index (χ4v) is 4.83. The number of rotatable bonds is 4. The van der Waals surface area contributed by atoms with E-state index in [0.717, 1.165) is 22.5 Å². The van der Waals surface area contributed by atoms with Crippen LogP contribution < -0.4 is 4.31 Å². The maximum Gasteiger partial charge on any atom is 0.246 e. The number of carbonyl (C=O) groups is 1. The maximum atomic E-state index is 13.1. The molecule has 1 aliphatic heterocycles. The number of benzene rings is 2. The number of anilines is 1. The van der Waals surface area contributed by atoms with E-state index in [1.807, 2.05) is 18.2 Å². The highest BCUT2D eigenvalue weighted by Gasteiger charge is 2.33. The van der Waals surface area contributed by atoms with E-state index < -0.39 is 16.1 Å². The molecule has 0 aromatic heterocycles. The van der Waals surface area contributed by atoms with Gasteiger partial charge in [-0.05, 0) is 42.7 Å². The maximum absolute atomic E-state index is 13.1. The van der Waals surface area contributed by atoms with Gasteiger partial charge in [-0.2, -0.15) is 0 Å². The first-order valence-corrected chi connectivity index (χ1v) is 11.1. The van der Waals surface area contributed by atoms with E-state index in [1.54, 1.807) is 17.9 Å². The van der Waals surface area contributed by atoms with Crippen molar-refractivity contribution in [2.24, 2.45) is 0 Å². The number of hydrogen-bond acceptors (Lipinski definition) is 3. The van der Waals surface area contributed by atoms with Crippen LogP contribution in [0.15, 0.2) is 42.5 Å². The molecule has 0 radical (unpaired) electrons. The molecule has 2 aromatic rings. The van der Waals surface area contributed by atoms with E-state index in [0.29, 0.717) is 23.8 Å². The van der Waals surface area contributed by atoms with Gasteiger partial charge in [-0.1, -0.05) is 47.5 Å². The van der Waals surface area contributed by atoms with Gasteiger partial charge in [0.1, 0.15) is 6.04 Å². The highest BCUT2D eigenvalue weighted by molar-refractivity contribution is 7.92. The Kier molecular flexibility index (Phi) is 5.70. The average molecular weight is 427 g/mol. The summed E-state index contributed by atoms with van der Waals surface area (Å²) in [5.41, 5.74) is 2.62. The summed E-state index contributed by atoms with van der Waals surface area (Å²) in [5, 5.41) is 0.551. The van der Waals surface area contributed by atoms with Crippen molar-refractivity contribution in [3.8, 4) is 0 Å². The van der Waals surface area contributed by atoms with E-state index in [-0.39, 0.29) is 10.9 Å². The largest absolute Gasteiger partial charge is 0.336 e. The molecule has 1 amide bonds. The van der Waals surface area contributed by atoms with Gasteiger partial charge in [-0.15, -0.1) is 0 Å². The normalized spacial score (nSPS) is 15.2. The van der Waals surface area contributed by atoms with Crippen molar-refractivity contribution in [3.05, 3.63) is 63.6 Å². The van der Waals surface area contributed by atoms with E-state index in [4.69, 9.17) is 23.2 Å². The number of amides is 1. The van der Waals surface area contributed by atoms with Gasteiger partial charge >= 0.3 is 0 Å². The number of fused-ring (bicyclic) bond motifs is 1. The van der Waals surface area contributed by atoms with Gasteiger partial charge < -0.3 is 4.90 Å². The van der Waals surface area contributed by atoms with E-state index in [1.165, 1.54) is 17.7 Å². The summed E-state index contributed by atoms with van der Waals surface area (Å²) in [7, 11) is -3.71. The van der Waals surface area contributed by atoms with Crippen molar-refractivity contribution >= 4 is 44.8 Å². The Labute approximate surface area is 169 Å². The molecule has 1 atom stereocenters. The fourth-order valence-electron chi connectivity index (χ4n) is 3.37. The Hall–Kier alpha value is -1.76. The zero-order valence-electron chi connectivity index (χ0n) is 15.0.